The highest BCUT2D eigenvalue weighted by molar-refractivity contribution is 7.94. The van der Waals surface area contributed by atoms with Gasteiger partial charge < -0.3 is 0 Å². The van der Waals surface area contributed by atoms with Gasteiger partial charge >= 0.3 is 0 Å². The van der Waals surface area contributed by atoms with Crippen LogP contribution in [-0.4, -0.2) is 6.86 Å². The summed E-state index contributed by atoms with van der Waals surface area (Å²) in [5.74, 6) is 0. The van der Waals surface area contributed by atoms with Crippen LogP contribution < -0.4 is 0 Å². The normalized spacial score (nSPS) is 9.70. The smallest absolute Gasteiger partial charge is 0.201 e. The Hall–Kier alpha value is -0.540. The molecule has 0 unspecified atom stereocenters. The van der Waals surface area contributed by atoms with E-state index in [0.29, 0.717) is 0 Å². The Balaban J connectivity index is 2.43. The fraction of sp³-hybridized carbons (Fsp3) is 0.143. The van der Waals surface area contributed by atoms with Gasteiger partial charge in [-0.2, -0.15) is 0 Å². The maximum atomic E-state index is 11.4. The summed E-state index contributed by atoms with van der Waals surface area (Å²) in [6.45, 7) is -0.750. The molecule has 0 aliphatic carbocycles. The molecule has 1 nitrogen and oxygen atoms in total. The molecule has 0 aromatic heterocycles. The minimum absolute atomic E-state index is 0.750. The molecular weight excluding hydrogens is 151 g/mol. The van der Waals surface area contributed by atoms with E-state index in [4.69, 9.17) is 0 Å². The van der Waals surface area contributed by atoms with Crippen LogP contribution in [0.4, 0.5) is 4.39 Å². The van der Waals surface area contributed by atoms with Gasteiger partial charge in [0.15, 0.2) is 0 Å². The molecule has 0 heterocycles. The lowest BCUT2D eigenvalue weighted by Crippen LogP contribution is -1.74. The average molecular weight is 158 g/mol. The number of halogens is 1. The van der Waals surface area contributed by atoms with E-state index in [1.807, 2.05) is 30.3 Å². The molecule has 3 heteroatoms. The van der Waals surface area contributed by atoms with Gasteiger partial charge in [0, 0.05) is 16.9 Å². The van der Waals surface area contributed by atoms with Crippen molar-refractivity contribution in [2.75, 3.05) is 6.86 Å². The van der Waals surface area contributed by atoms with Gasteiger partial charge in [0.05, 0.1) is 0 Å². The number of alkyl halides is 1. The number of rotatable bonds is 3. The quantitative estimate of drug-likeness (QED) is 0.625. The zero-order valence-corrected chi connectivity index (χ0v) is 6.10. The minimum Gasteiger partial charge on any atom is -0.277 e. The van der Waals surface area contributed by atoms with Crippen LogP contribution in [0.1, 0.15) is 0 Å². The molecular formula is C7H7FOS. The zero-order valence-electron chi connectivity index (χ0n) is 5.29. The summed E-state index contributed by atoms with van der Waals surface area (Å²) in [7, 11) is 0. The summed E-state index contributed by atoms with van der Waals surface area (Å²) in [5.41, 5.74) is 0. The van der Waals surface area contributed by atoms with E-state index in [2.05, 4.69) is 4.18 Å². The van der Waals surface area contributed by atoms with Crippen molar-refractivity contribution in [3.63, 3.8) is 0 Å². The topological polar surface area (TPSA) is 9.23 Å². The fourth-order valence-electron chi connectivity index (χ4n) is 0.566. The lowest BCUT2D eigenvalue weighted by molar-refractivity contribution is 0.225. The van der Waals surface area contributed by atoms with Crippen molar-refractivity contribution >= 4 is 12.0 Å². The molecule has 1 aromatic carbocycles. The molecule has 10 heavy (non-hydrogen) atoms. The van der Waals surface area contributed by atoms with E-state index in [0.717, 1.165) is 16.9 Å². The Labute approximate surface area is 63.4 Å². The molecule has 0 fully saturated rings. The van der Waals surface area contributed by atoms with Crippen LogP contribution >= 0.6 is 12.0 Å². The van der Waals surface area contributed by atoms with Crippen LogP contribution in [0.3, 0.4) is 0 Å². The van der Waals surface area contributed by atoms with Crippen molar-refractivity contribution in [3.05, 3.63) is 30.3 Å². The van der Waals surface area contributed by atoms with Gasteiger partial charge in [-0.05, 0) is 12.1 Å². The van der Waals surface area contributed by atoms with Gasteiger partial charge in [0.1, 0.15) is 0 Å². The number of hydrogen-bond acceptors (Lipinski definition) is 2. The second-order valence-electron chi connectivity index (χ2n) is 1.62. The second-order valence-corrected chi connectivity index (χ2v) is 2.50. The predicted molar refractivity (Wildman–Crippen MR) is 39.4 cm³/mol. The maximum Gasteiger partial charge on any atom is 0.201 e. The Morgan fingerprint density at radius 1 is 1.30 bits per heavy atom. The minimum atomic E-state index is -0.750. The van der Waals surface area contributed by atoms with E-state index in [1.54, 1.807) is 0 Å². The molecule has 1 rings (SSSR count). The molecule has 1 aromatic rings. The molecule has 0 atom stereocenters. The summed E-state index contributed by atoms with van der Waals surface area (Å²) in [5, 5.41) is 0. The van der Waals surface area contributed by atoms with Crippen molar-refractivity contribution < 1.29 is 8.57 Å². The largest absolute Gasteiger partial charge is 0.277 e. The fourth-order valence-corrected chi connectivity index (χ4v) is 1.02. The highest BCUT2D eigenvalue weighted by Crippen LogP contribution is 2.17. The van der Waals surface area contributed by atoms with Gasteiger partial charge in [0.25, 0.3) is 0 Å². The lowest BCUT2D eigenvalue weighted by Gasteiger charge is -1.95. The summed E-state index contributed by atoms with van der Waals surface area (Å²) in [6.07, 6.45) is 0. The van der Waals surface area contributed by atoms with Crippen LogP contribution in [0.25, 0.3) is 0 Å². The van der Waals surface area contributed by atoms with Crippen LogP contribution in [0.2, 0.25) is 0 Å². The van der Waals surface area contributed by atoms with Crippen LogP contribution in [0, 0.1) is 0 Å². The highest BCUT2D eigenvalue weighted by Gasteiger charge is 1.89. The van der Waals surface area contributed by atoms with Crippen molar-refractivity contribution in [1.82, 2.24) is 0 Å². The van der Waals surface area contributed by atoms with E-state index in [-0.39, 0.29) is 0 Å². The SMILES string of the molecule is FCOSc1ccccc1. The number of benzene rings is 1. The molecule has 0 amide bonds. The Morgan fingerprint density at radius 3 is 2.60 bits per heavy atom. The van der Waals surface area contributed by atoms with Gasteiger partial charge in [-0.1, -0.05) is 18.2 Å². The Morgan fingerprint density at radius 2 is 2.00 bits per heavy atom. The van der Waals surface area contributed by atoms with Crippen LogP contribution in [0.15, 0.2) is 35.2 Å². The van der Waals surface area contributed by atoms with E-state index in [1.165, 1.54) is 0 Å². The third-order valence-electron chi connectivity index (χ3n) is 0.943. The van der Waals surface area contributed by atoms with Gasteiger partial charge in [-0.3, -0.25) is 4.18 Å². The van der Waals surface area contributed by atoms with Crippen LogP contribution in [0.5, 0.6) is 0 Å². The van der Waals surface area contributed by atoms with Gasteiger partial charge in [0.2, 0.25) is 6.86 Å². The molecule has 0 saturated carbocycles. The summed E-state index contributed by atoms with van der Waals surface area (Å²) >= 11 is 1.05. The third-order valence-corrected chi connectivity index (χ3v) is 1.61. The average Bonchev–Trinajstić information content (AvgIpc) is 2.03. The summed E-state index contributed by atoms with van der Waals surface area (Å²) in [6, 6.07) is 9.38. The van der Waals surface area contributed by atoms with E-state index >= 15 is 0 Å². The first-order valence-corrected chi connectivity index (χ1v) is 3.58. The first-order chi connectivity index (χ1) is 4.93. The lowest BCUT2D eigenvalue weighted by atomic mass is 10.4. The molecule has 0 aliphatic heterocycles. The molecule has 54 valence electrons. The predicted octanol–water partition coefficient (Wildman–Crippen LogP) is 2.64. The summed E-state index contributed by atoms with van der Waals surface area (Å²) < 4.78 is 15.9. The molecule has 0 bridgehead atoms. The molecule has 0 N–H and O–H groups in total. The van der Waals surface area contributed by atoms with Crippen molar-refractivity contribution in [3.8, 4) is 0 Å². The monoisotopic (exact) mass is 158 g/mol. The zero-order chi connectivity index (χ0) is 7.23. The molecule has 0 saturated heterocycles. The second kappa shape index (κ2) is 4.30. The molecule has 0 radical (unpaired) electrons. The van der Waals surface area contributed by atoms with Crippen LogP contribution in [-0.2, 0) is 4.18 Å². The van der Waals surface area contributed by atoms with Crippen molar-refractivity contribution in [2.24, 2.45) is 0 Å². The van der Waals surface area contributed by atoms with Crippen molar-refractivity contribution in [1.29, 1.82) is 0 Å². The molecule has 0 spiro atoms. The van der Waals surface area contributed by atoms with Gasteiger partial charge in [-0.15, -0.1) is 0 Å². The van der Waals surface area contributed by atoms with Gasteiger partial charge in [-0.25, -0.2) is 4.39 Å². The van der Waals surface area contributed by atoms with Crippen molar-refractivity contribution in [2.45, 2.75) is 4.90 Å². The standard InChI is InChI=1S/C7H7FOS/c8-6-9-10-7-4-2-1-3-5-7/h1-5H,6H2. The molecule has 0 aliphatic rings. The Bertz CT molecular complexity index is 178. The first kappa shape index (κ1) is 7.57. The summed E-state index contributed by atoms with van der Waals surface area (Å²) in [4.78, 5) is 0.917. The van der Waals surface area contributed by atoms with E-state index in [9.17, 15) is 4.39 Å². The first-order valence-electron chi connectivity index (χ1n) is 2.84. The number of hydrogen-bond donors (Lipinski definition) is 0. The maximum absolute atomic E-state index is 11.4. The highest BCUT2D eigenvalue weighted by atomic mass is 32.2. The van der Waals surface area contributed by atoms with E-state index < -0.39 is 6.86 Å². The third kappa shape index (κ3) is 2.37. The Kier molecular flexibility index (Phi) is 3.26.